The van der Waals surface area contributed by atoms with Gasteiger partial charge in [-0.05, 0) is 29.0 Å². The van der Waals surface area contributed by atoms with Gasteiger partial charge in [0.15, 0.2) is 0 Å². The normalized spacial score (nSPS) is 22.6. The summed E-state index contributed by atoms with van der Waals surface area (Å²) in [7, 11) is 0. The van der Waals surface area contributed by atoms with E-state index in [1.54, 1.807) is 0 Å². The molecule has 0 nitrogen and oxygen atoms in total. The molecule has 0 aromatic heterocycles. The first kappa shape index (κ1) is 7.81. The number of rotatable bonds is 0. The highest BCUT2D eigenvalue weighted by Crippen LogP contribution is 2.31. The Balaban J connectivity index is 2.20. The van der Waals surface area contributed by atoms with E-state index >= 15 is 0 Å². The number of hydrogen-bond acceptors (Lipinski definition) is 0. The molecule has 0 fully saturated rings. The monoisotopic (exact) mass is 180 g/mol. The molecule has 0 spiro atoms. The van der Waals surface area contributed by atoms with E-state index in [1.807, 2.05) is 0 Å². The van der Waals surface area contributed by atoms with E-state index in [1.165, 1.54) is 16.7 Å². The molecule has 1 atom stereocenters. The minimum atomic E-state index is 0.592. The average molecular weight is 180 g/mol. The van der Waals surface area contributed by atoms with Gasteiger partial charge >= 0.3 is 0 Å². The molecule has 0 heteroatoms. The molecule has 0 heterocycles. The van der Waals surface area contributed by atoms with Crippen LogP contribution in [-0.2, 0) is 6.42 Å². The number of fused-ring (bicyclic) bond motifs is 3. The van der Waals surface area contributed by atoms with E-state index in [-0.39, 0.29) is 0 Å². The molecule has 2 aliphatic carbocycles. The molecule has 0 saturated heterocycles. The highest BCUT2D eigenvalue weighted by molar-refractivity contribution is 5.78. The Morgan fingerprint density at radius 1 is 1.07 bits per heavy atom. The predicted octanol–water partition coefficient (Wildman–Crippen LogP) is 3.37. The minimum absolute atomic E-state index is 0.592. The van der Waals surface area contributed by atoms with E-state index in [0.717, 1.165) is 6.42 Å². The molecule has 14 heavy (non-hydrogen) atoms. The van der Waals surface area contributed by atoms with Crippen LogP contribution in [0.5, 0.6) is 0 Å². The molecule has 3 rings (SSSR count). The predicted molar refractivity (Wildman–Crippen MR) is 59.9 cm³/mol. The van der Waals surface area contributed by atoms with E-state index in [4.69, 9.17) is 0 Å². The molecule has 1 aromatic rings. The zero-order chi connectivity index (χ0) is 9.38. The van der Waals surface area contributed by atoms with E-state index in [9.17, 15) is 0 Å². The van der Waals surface area contributed by atoms with Crippen LogP contribution < -0.4 is 0 Å². The topological polar surface area (TPSA) is 0 Å². The quantitative estimate of drug-likeness (QED) is 0.574. The molecule has 2 bridgehead atoms. The zero-order valence-corrected chi connectivity index (χ0v) is 7.98. The summed E-state index contributed by atoms with van der Waals surface area (Å²) in [5.41, 5.74) is 4.26. The molecular weight excluding hydrogens is 168 g/mol. The SMILES string of the molecule is C1=CC2=CC(C=C1)Cc1ccccc12. The molecule has 0 N–H and O–H groups in total. The van der Waals surface area contributed by atoms with Crippen molar-refractivity contribution in [2.24, 2.45) is 5.92 Å². The zero-order valence-electron chi connectivity index (χ0n) is 7.98. The van der Waals surface area contributed by atoms with Crippen molar-refractivity contribution in [3.8, 4) is 0 Å². The van der Waals surface area contributed by atoms with Crippen molar-refractivity contribution in [2.75, 3.05) is 0 Å². The Morgan fingerprint density at radius 3 is 3.00 bits per heavy atom. The summed E-state index contributed by atoms with van der Waals surface area (Å²) in [4.78, 5) is 0. The van der Waals surface area contributed by atoms with E-state index < -0.39 is 0 Å². The molecule has 2 aliphatic rings. The number of allylic oxidation sites excluding steroid dienone is 6. The van der Waals surface area contributed by atoms with E-state index in [2.05, 4.69) is 54.6 Å². The van der Waals surface area contributed by atoms with Gasteiger partial charge in [0.2, 0.25) is 0 Å². The lowest BCUT2D eigenvalue weighted by atomic mass is 9.85. The van der Waals surface area contributed by atoms with Crippen LogP contribution in [0.2, 0.25) is 0 Å². The van der Waals surface area contributed by atoms with Crippen LogP contribution in [-0.4, -0.2) is 0 Å². The van der Waals surface area contributed by atoms with Crippen LogP contribution in [0.1, 0.15) is 11.1 Å². The van der Waals surface area contributed by atoms with Gasteiger partial charge in [0.1, 0.15) is 0 Å². The maximum atomic E-state index is 2.36. The van der Waals surface area contributed by atoms with Crippen molar-refractivity contribution in [3.63, 3.8) is 0 Å². The molecule has 68 valence electrons. The third-order valence-electron chi connectivity index (χ3n) is 2.92. The third kappa shape index (κ3) is 1.15. The number of benzene rings is 1. The first-order valence-corrected chi connectivity index (χ1v) is 5.08. The van der Waals surface area contributed by atoms with Crippen molar-refractivity contribution in [2.45, 2.75) is 6.42 Å². The van der Waals surface area contributed by atoms with Crippen LogP contribution >= 0.6 is 0 Å². The van der Waals surface area contributed by atoms with Gasteiger partial charge in [-0.2, -0.15) is 0 Å². The lowest BCUT2D eigenvalue weighted by molar-refractivity contribution is 0.794. The summed E-state index contributed by atoms with van der Waals surface area (Å²) in [5, 5.41) is 0. The summed E-state index contributed by atoms with van der Waals surface area (Å²) in [6, 6.07) is 8.70. The maximum absolute atomic E-state index is 2.36. The third-order valence-corrected chi connectivity index (χ3v) is 2.92. The van der Waals surface area contributed by atoms with Gasteiger partial charge in [0.25, 0.3) is 0 Å². The molecular formula is C14H12. The molecule has 0 radical (unpaired) electrons. The molecule has 0 amide bonds. The van der Waals surface area contributed by atoms with Crippen molar-refractivity contribution in [1.82, 2.24) is 0 Å². The van der Waals surface area contributed by atoms with Crippen LogP contribution in [0, 0.1) is 5.92 Å². The van der Waals surface area contributed by atoms with Crippen LogP contribution in [0.3, 0.4) is 0 Å². The summed E-state index contributed by atoms with van der Waals surface area (Å²) in [6.45, 7) is 0. The smallest absolute Gasteiger partial charge is 0.0000521 e. The van der Waals surface area contributed by atoms with Crippen molar-refractivity contribution in [3.05, 3.63) is 65.8 Å². The molecule has 1 unspecified atom stereocenters. The van der Waals surface area contributed by atoms with Crippen molar-refractivity contribution < 1.29 is 0 Å². The fourth-order valence-electron chi connectivity index (χ4n) is 2.25. The Bertz CT molecular complexity index is 447. The molecule has 1 aromatic carbocycles. The van der Waals surface area contributed by atoms with Gasteiger partial charge in [0.05, 0.1) is 0 Å². The highest BCUT2D eigenvalue weighted by atomic mass is 14.2. The van der Waals surface area contributed by atoms with Crippen molar-refractivity contribution >= 4 is 5.57 Å². The lowest BCUT2D eigenvalue weighted by Gasteiger charge is -2.19. The average Bonchev–Trinajstić information content (AvgIpc) is 2.41. The largest absolute Gasteiger partial charge is 0.0773 e. The Kier molecular flexibility index (Phi) is 1.66. The van der Waals surface area contributed by atoms with Crippen LogP contribution in [0.15, 0.2) is 54.6 Å². The second-order valence-corrected chi connectivity index (χ2v) is 3.89. The fourth-order valence-corrected chi connectivity index (χ4v) is 2.25. The van der Waals surface area contributed by atoms with E-state index in [0.29, 0.717) is 5.92 Å². The van der Waals surface area contributed by atoms with Gasteiger partial charge < -0.3 is 0 Å². The standard InChI is InChI=1S/C14H12/c1-2-6-12-9-11(5-1)10-13-7-3-4-8-14(12)13/h1-9,11H,10H2. The second-order valence-electron chi connectivity index (χ2n) is 3.89. The highest BCUT2D eigenvalue weighted by Gasteiger charge is 2.16. The summed E-state index contributed by atoms with van der Waals surface area (Å²) >= 11 is 0. The van der Waals surface area contributed by atoms with Gasteiger partial charge in [-0.15, -0.1) is 0 Å². The minimum Gasteiger partial charge on any atom is -0.0773 e. The summed E-state index contributed by atoms with van der Waals surface area (Å²) in [6.07, 6.45) is 12.3. The van der Waals surface area contributed by atoms with Crippen molar-refractivity contribution in [1.29, 1.82) is 0 Å². The molecule has 0 saturated carbocycles. The summed E-state index contributed by atoms with van der Waals surface area (Å²) < 4.78 is 0. The van der Waals surface area contributed by atoms with Gasteiger partial charge in [-0.3, -0.25) is 0 Å². The maximum Gasteiger partial charge on any atom is -0.0000521 e. The number of hydrogen-bond donors (Lipinski definition) is 0. The summed E-state index contributed by atoms with van der Waals surface area (Å²) in [5.74, 6) is 0.592. The Hall–Kier alpha value is -1.56. The lowest BCUT2D eigenvalue weighted by Crippen LogP contribution is -2.06. The van der Waals surface area contributed by atoms with Crippen LogP contribution in [0.25, 0.3) is 5.57 Å². The second kappa shape index (κ2) is 2.98. The van der Waals surface area contributed by atoms with Crippen LogP contribution in [0.4, 0.5) is 0 Å². The van der Waals surface area contributed by atoms with Gasteiger partial charge in [0, 0.05) is 0 Å². The Morgan fingerprint density at radius 2 is 2.00 bits per heavy atom. The first-order chi connectivity index (χ1) is 6.93. The molecule has 0 aliphatic heterocycles. The van der Waals surface area contributed by atoms with Gasteiger partial charge in [-0.1, -0.05) is 54.6 Å². The fraction of sp³-hybridized carbons (Fsp3) is 0.143. The Labute approximate surface area is 84.3 Å². The first-order valence-electron chi connectivity index (χ1n) is 5.08. The van der Waals surface area contributed by atoms with Gasteiger partial charge in [-0.25, -0.2) is 0 Å².